The number of amides is 1. The first kappa shape index (κ1) is 16.9. The molecule has 9 heteroatoms. The van der Waals surface area contributed by atoms with Crippen LogP contribution < -0.4 is 11.1 Å². The lowest BCUT2D eigenvalue weighted by Crippen LogP contribution is -2.39. The minimum Gasteiger partial charge on any atom is -0.478 e. The summed E-state index contributed by atoms with van der Waals surface area (Å²) in [6, 6.07) is 3.35. The fourth-order valence-electron chi connectivity index (χ4n) is 1.66. The Morgan fingerprint density at radius 1 is 1.38 bits per heavy atom. The molecule has 0 saturated heterocycles. The van der Waals surface area contributed by atoms with Crippen LogP contribution in [0.1, 0.15) is 17.3 Å². The van der Waals surface area contributed by atoms with Crippen molar-refractivity contribution in [1.82, 2.24) is 9.62 Å². The summed E-state index contributed by atoms with van der Waals surface area (Å²) in [6.45, 7) is 1.33. The molecule has 0 saturated carbocycles. The van der Waals surface area contributed by atoms with Gasteiger partial charge in [0, 0.05) is 13.6 Å². The van der Waals surface area contributed by atoms with Gasteiger partial charge in [0.25, 0.3) is 0 Å². The molecule has 21 heavy (non-hydrogen) atoms. The molecule has 0 heterocycles. The number of hydrogen-bond acceptors (Lipinski definition) is 5. The molecule has 1 rings (SSSR count). The number of likely N-dealkylation sites (N-methyl/N-ethyl adjacent to an activating group) is 2. The number of benzene rings is 1. The third-order valence-electron chi connectivity index (χ3n) is 2.83. The van der Waals surface area contributed by atoms with E-state index in [1.807, 2.05) is 0 Å². The van der Waals surface area contributed by atoms with Crippen LogP contribution in [0.4, 0.5) is 5.69 Å². The topological polar surface area (TPSA) is 130 Å². The lowest BCUT2D eigenvalue weighted by molar-refractivity contribution is -0.120. The Labute approximate surface area is 122 Å². The highest BCUT2D eigenvalue weighted by atomic mass is 32.2. The van der Waals surface area contributed by atoms with Crippen molar-refractivity contribution in [3.05, 3.63) is 23.8 Å². The van der Waals surface area contributed by atoms with Crippen molar-refractivity contribution in [3.8, 4) is 0 Å². The van der Waals surface area contributed by atoms with Crippen LogP contribution in [-0.4, -0.2) is 49.8 Å². The monoisotopic (exact) mass is 315 g/mol. The van der Waals surface area contributed by atoms with E-state index in [4.69, 9.17) is 10.8 Å². The highest BCUT2D eigenvalue weighted by Gasteiger charge is 2.27. The Bertz CT molecular complexity index is 657. The number of nitrogens with zero attached hydrogens (tertiary/aromatic N) is 1. The molecule has 116 valence electrons. The van der Waals surface area contributed by atoms with Crippen molar-refractivity contribution in [2.45, 2.75) is 11.8 Å². The first-order valence-corrected chi connectivity index (χ1v) is 7.51. The molecule has 0 aliphatic rings. The van der Waals surface area contributed by atoms with Crippen molar-refractivity contribution >= 4 is 27.6 Å². The molecule has 0 aliphatic carbocycles. The van der Waals surface area contributed by atoms with Crippen LogP contribution in [-0.2, 0) is 14.8 Å². The van der Waals surface area contributed by atoms with E-state index < -0.39 is 21.9 Å². The van der Waals surface area contributed by atoms with Crippen LogP contribution in [0.3, 0.4) is 0 Å². The van der Waals surface area contributed by atoms with Crippen molar-refractivity contribution in [3.63, 3.8) is 0 Å². The Balaban J connectivity index is 3.23. The second-order valence-corrected chi connectivity index (χ2v) is 6.07. The SMILES string of the molecule is CCN(CC(=O)NC)S(=O)(=O)c1ccc(C(=O)O)cc1N. The molecule has 0 unspecified atom stereocenters. The number of aromatic carboxylic acids is 1. The van der Waals surface area contributed by atoms with Crippen LogP contribution in [0.25, 0.3) is 0 Å². The van der Waals surface area contributed by atoms with E-state index in [1.54, 1.807) is 6.92 Å². The predicted molar refractivity (Wildman–Crippen MR) is 76.3 cm³/mol. The zero-order valence-corrected chi connectivity index (χ0v) is 12.5. The van der Waals surface area contributed by atoms with E-state index in [1.165, 1.54) is 7.05 Å². The third-order valence-corrected chi connectivity index (χ3v) is 4.82. The van der Waals surface area contributed by atoms with Crippen LogP contribution in [0.5, 0.6) is 0 Å². The maximum Gasteiger partial charge on any atom is 0.335 e. The smallest absolute Gasteiger partial charge is 0.335 e. The number of carbonyl (C=O) groups excluding carboxylic acids is 1. The van der Waals surface area contributed by atoms with Crippen molar-refractivity contribution < 1.29 is 23.1 Å². The van der Waals surface area contributed by atoms with E-state index in [9.17, 15) is 18.0 Å². The van der Waals surface area contributed by atoms with Gasteiger partial charge < -0.3 is 16.2 Å². The van der Waals surface area contributed by atoms with Crippen molar-refractivity contribution in [2.75, 3.05) is 25.9 Å². The van der Waals surface area contributed by atoms with Gasteiger partial charge in [0.1, 0.15) is 4.90 Å². The first-order chi connectivity index (χ1) is 9.73. The van der Waals surface area contributed by atoms with Gasteiger partial charge in [-0.05, 0) is 18.2 Å². The average molecular weight is 315 g/mol. The van der Waals surface area contributed by atoms with Gasteiger partial charge in [-0.25, -0.2) is 13.2 Å². The van der Waals surface area contributed by atoms with Crippen molar-refractivity contribution in [2.24, 2.45) is 0 Å². The Morgan fingerprint density at radius 3 is 2.43 bits per heavy atom. The number of carboxylic acid groups (broad SMARTS) is 1. The van der Waals surface area contributed by atoms with E-state index in [2.05, 4.69) is 5.32 Å². The summed E-state index contributed by atoms with van der Waals surface area (Å²) in [5.74, 6) is -1.66. The normalized spacial score (nSPS) is 11.4. The van der Waals surface area contributed by atoms with Crippen LogP contribution in [0, 0.1) is 0 Å². The van der Waals surface area contributed by atoms with Crippen LogP contribution >= 0.6 is 0 Å². The number of nitrogens with two attached hydrogens (primary N) is 1. The molecule has 0 bridgehead atoms. The van der Waals surface area contributed by atoms with Gasteiger partial charge in [-0.15, -0.1) is 0 Å². The fraction of sp³-hybridized carbons (Fsp3) is 0.333. The second-order valence-electron chi connectivity index (χ2n) is 4.16. The summed E-state index contributed by atoms with van der Waals surface area (Å²) < 4.78 is 25.8. The van der Waals surface area contributed by atoms with Crippen LogP contribution in [0.15, 0.2) is 23.1 Å². The predicted octanol–water partition coefficient (Wildman–Crippen LogP) is -0.276. The van der Waals surface area contributed by atoms with Gasteiger partial charge in [-0.2, -0.15) is 4.31 Å². The fourth-order valence-corrected chi connectivity index (χ4v) is 3.16. The number of anilines is 1. The number of hydrogen-bond donors (Lipinski definition) is 3. The number of rotatable bonds is 6. The molecule has 1 aromatic carbocycles. The molecule has 1 aromatic rings. The van der Waals surface area contributed by atoms with Gasteiger partial charge >= 0.3 is 5.97 Å². The van der Waals surface area contributed by atoms with E-state index >= 15 is 0 Å². The Hall–Kier alpha value is -2.13. The molecule has 4 N–H and O–H groups in total. The molecular formula is C12H17N3O5S. The highest BCUT2D eigenvalue weighted by Crippen LogP contribution is 2.23. The van der Waals surface area contributed by atoms with Gasteiger partial charge in [0.05, 0.1) is 17.8 Å². The maximum absolute atomic E-state index is 12.4. The number of carboxylic acids is 1. The third kappa shape index (κ3) is 3.70. The average Bonchev–Trinajstić information content (AvgIpc) is 2.43. The molecule has 1 amide bonds. The number of nitrogens with one attached hydrogen (secondary N) is 1. The van der Waals surface area contributed by atoms with Crippen molar-refractivity contribution in [1.29, 1.82) is 0 Å². The summed E-state index contributed by atoms with van der Waals surface area (Å²) in [7, 11) is -2.57. The van der Waals surface area contributed by atoms with Gasteiger partial charge in [0.15, 0.2) is 0 Å². The largest absolute Gasteiger partial charge is 0.478 e. The Kier molecular flexibility index (Phi) is 5.28. The lowest BCUT2D eigenvalue weighted by atomic mass is 10.2. The lowest BCUT2D eigenvalue weighted by Gasteiger charge is -2.20. The van der Waals surface area contributed by atoms with Gasteiger partial charge in [0.2, 0.25) is 15.9 Å². The maximum atomic E-state index is 12.4. The molecular weight excluding hydrogens is 298 g/mol. The van der Waals surface area contributed by atoms with Crippen LogP contribution in [0.2, 0.25) is 0 Å². The number of sulfonamides is 1. The molecule has 0 fully saturated rings. The number of nitrogen functional groups attached to an aromatic ring is 1. The number of carbonyl (C=O) groups is 2. The molecule has 0 aromatic heterocycles. The zero-order chi connectivity index (χ0) is 16.2. The standard InChI is InChI=1S/C12H17N3O5S/c1-3-15(7-11(16)14-2)21(19,20)10-5-4-8(12(17)18)6-9(10)13/h4-6H,3,7,13H2,1-2H3,(H,14,16)(H,17,18). The summed E-state index contributed by atoms with van der Waals surface area (Å²) in [6.07, 6.45) is 0. The van der Waals surface area contributed by atoms with Gasteiger partial charge in [-0.3, -0.25) is 4.79 Å². The summed E-state index contributed by atoms with van der Waals surface area (Å²) in [5, 5.41) is 11.2. The van der Waals surface area contributed by atoms with E-state index in [0.717, 1.165) is 22.5 Å². The summed E-state index contributed by atoms with van der Waals surface area (Å²) in [4.78, 5) is 22.0. The second kappa shape index (κ2) is 6.55. The minimum absolute atomic E-state index is 0.0792. The molecule has 8 nitrogen and oxygen atoms in total. The molecule has 0 aliphatic heterocycles. The summed E-state index contributed by atoms with van der Waals surface area (Å²) >= 11 is 0. The first-order valence-electron chi connectivity index (χ1n) is 6.07. The van der Waals surface area contributed by atoms with E-state index in [0.29, 0.717) is 0 Å². The highest BCUT2D eigenvalue weighted by molar-refractivity contribution is 7.89. The molecule has 0 radical (unpaired) electrons. The quantitative estimate of drug-likeness (QED) is 0.619. The summed E-state index contributed by atoms with van der Waals surface area (Å²) in [5.41, 5.74) is 5.35. The zero-order valence-electron chi connectivity index (χ0n) is 11.7. The van der Waals surface area contributed by atoms with E-state index in [-0.39, 0.29) is 29.2 Å². The van der Waals surface area contributed by atoms with Gasteiger partial charge in [-0.1, -0.05) is 6.92 Å². The molecule has 0 atom stereocenters. The Morgan fingerprint density at radius 2 is 2.00 bits per heavy atom. The molecule has 0 spiro atoms. The minimum atomic E-state index is -3.97.